The minimum atomic E-state index is -0.817. The van der Waals surface area contributed by atoms with Crippen molar-refractivity contribution < 1.29 is 9.18 Å². The highest BCUT2D eigenvalue weighted by atomic mass is 19.1. The Labute approximate surface area is 147 Å². The van der Waals surface area contributed by atoms with Crippen LogP contribution in [0.5, 0.6) is 0 Å². The quantitative estimate of drug-likeness (QED) is 0.745. The number of aromatic nitrogens is 3. The van der Waals surface area contributed by atoms with Crippen LogP contribution in [0.2, 0.25) is 0 Å². The van der Waals surface area contributed by atoms with E-state index in [1.807, 2.05) is 0 Å². The molecule has 3 aromatic rings. The monoisotopic (exact) mass is 354 g/mol. The number of aryl methyl sites for hydroxylation is 1. The SMILES string of the molecule is Cc1cccnc1NC(=O)c1c[nH]c(=O)n(Cc2ccccc2F)c1=O. The van der Waals surface area contributed by atoms with Gasteiger partial charge in [-0.3, -0.25) is 14.2 Å². The summed E-state index contributed by atoms with van der Waals surface area (Å²) in [5, 5.41) is 2.53. The van der Waals surface area contributed by atoms with Gasteiger partial charge in [0.2, 0.25) is 0 Å². The topological polar surface area (TPSA) is 96.8 Å². The Morgan fingerprint density at radius 2 is 2.00 bits per heavy atom. The molecule has 132 valence electrons. The van der Waals surface area contributed by atoms with Gasteiger partial charge in [-0.2, -0.15) is 0 Å². The molecule has 8 heteroatoms. The van der Waals surface area contributed by atoms with E-state index in [-0.39, 0.29) is 17.7 Å². The average molecular weight is 354 g/mol. The molecule has 1 amide bonds. The van der Waals surface area contributed by atoms with E-state index in [4.69, 9.17) is 0 Å². The van der Waals surface area contributed by atoms with Gasteiger partial charge in [0.25, 0.3) is 11.5 Å². The summed E-state index contributed by atoms with van der Waals surface area (Å²) in [6.45, 7) is 1.47. The van der Waals surface area contributed by atoms with Crippen molar-refractivity contribution in [3.8, 4) is 0 Å². The van der Waals surface area contributed by atoms with E-state index in [9.17, 15) is 18.8 Å². The highest BCUT2D eigenvalue weighted by Gasteiger charge is 2.17. The van der Waals surface area contributed by atoms with Crippen LogP contribution in [0.3, 0.4) is 0 Å². The molecule has 0 radical (unpaired) electrons. The first-order valence-corrected chi connectivity index (χ1v) is 7.76. The lowest BCUT2D eigenvalue weighted by Gasteiger charge is -2.09. The molecule has 0 unspecified atom stereocenters. The van der Waals surface area contributed by atoms with Crippen molar-refractivity contribution in [3.05, 3.63) is 92.1 Å². The number of hydrogen-bond acceptors (Lipinski definition) is 4. The lowest BCUT2D eigenvalue weighted by atomic mass is 10.2. The summed E-state index contributed by atoms with van der Waals surface area (Å²) in [7, 11) is 0. The Hall–Kier alpha value is -3.55. The van der Waals surface area contributed by atoms with Gasteiger partial charge in [0.15, 0.2) is 0 Å². The number of aromatic amines is 1. The first-order valence-electron chi connectivity index (χ1n) is 7.76. The maximum Gasteiger partial charge on any atom is 0.328 e. The maximum absolute atomic E-state index is 13.8. The molecule has 0 saturated heterocycles. The molecule has 0 aliphatic carbocycles. The van der Waals surface area contributed by atoms with Gasteiger partial charge in [-0.1, -0.05) is 24.3 Å². The largest absolute Gasteiger partial charge is 0.328 e. The number of nitrogens with zero attached hydrogens (tertiary/aromatic N) is 2. The molecule has 7 nitrogen and oxygen atoms in total. The van der Waals surface area contributed by atoms with Crippen LogP contribution in [0.4, 0.5) is 10.2 Å². The molecule has 2 heterocycles. The summed E-state index contributed by atoms with van der Waals surface area (Å²) in [4.78, 5) is 43.3. The number of carbonyl (C=O) groups excluding carboxylic acids is 1. The molecule has 2 aromatic heterocycles. The van der Waals surface area contributed by atoms with Crippen LogP contribution < -0.4 is 16.6 Å². The second-order valence-corrected chi connectivity index (χ2v) is 5.61. The molecule has 1 aromatic carbocycles. The molecule has 0 spiro atoms. The zero-order valence-electron chi connectivity index (χ0n) is 13.8. The van der Waals surface area contributed by atoms with Crippen molar-refractivity contribution in [3.63, 3.8) is 0 Å². The third-order valence-electron chi connectivity index (χ3n) is 3.83. The first-order chi connectivity index (χ1) is 12.5. The van der Waals surface area contributed by atoms with Crippen molar-refractivity contribution in [1.82, 2.24) is 14.5 Å². The van der Waals surface area contributed by atoms with Gasteiger partial charge in [-0.25, -0.2) is 14.2 Å². The molecule has 0 bridgehead atoms. The van der Waals surface area contributed by atoms with E-state index in [0.29, 0.717) is 5.82 Å². The summed E-state index contributed by atoms with van der Waals surface area (Å²) in [6.07, 6.45) is 2.54. The van der Waals surface area contributed by atoms with Crippen LogP contribution in [0.1, 0.15) is 21.5 Å². The van der Waals surface area contributed by atoms with Crippen LogP contribution in [0.25, 0.3) is 0 Å². The molecular formula is C18H15FN4O3. The summed E-state index contributed by atoms with van der Waals surface area (Å²) in [5.41, 5.74) is -0.937. The number of rotatable bonds is 4. The third-order valence-corrected chi connectivity index (χ3v) is 3.83. The highest BCUT2D eigenvalue weighted by molar-refractivity contribution is 6.03. The van der Waals surface area contributed by atoms with Gasteiger partial charge in [-0.15, -0.1) is 0 Å². The van der Waals surface area contributed by atoms with Crippen molar-refractivity contribution in [1.29, 1.82) is 0 Å². The van der Waals surface area contributed by atoms with E-state index in [2.05, 4.69) is 15.3 Å². The van der Waals surface area contributed by atoms with Crippen LogP contribution >= 0.6 is 0 Å². The first kappa shape index (κ1) is 17.3. The number of hydrogen-bond donors (Lipinski definition) is 2. The van der Waals surface area contributed by atoms with E-state index in [1.165, 1.54) is 24.4 Å². The summed E-state index contributed by atoms with van der Waals surface area (Å²) in [6, 6.07) is 9.27. The minimum Gasteiger partial charge on any atom is -0.313 e. The van der Waals surface area contributed by atoms with Gasteiger partial charge < -0.3 is 10.3 Å². The second-order valence-electron chi connectivity index (χ2n) is 5.61. The van der Waals surface area contributed by atoms with Crippen molar-refractivity contribution >= 4 is 11.7 Å². The fraction of sp³-hybridized carbons (Fsp3) is 0.111. The maximum atomic E-state index is 13.8. The molecule has 0 fully saturated rings. The number of nitrogens with one attached hydrogen (secondary N) is 2. The Morgan fingerprint density at radius 1 is 1.23 bits per heavy atom. The van der Waals surface area contributed by atoms with Gasteiger partial charge in [-0.05, 0) is 24.6 Å². The second kappa shape index (κ2) is 7.14. The molecule has 0 aliphatic heterocycles. The minimum absolute atomic E-state index is 0.165. The normalized spacial score (nSPS) is 10.5. The van der Waals surface area contributed by atoms with Crippen molar-refractivity contribution in [2.45, 2.75) is 13.5 Å². The fourth-order valence-electron chi connectivity index (χ4n) is 2.41. The standard InChI is InChI=1S/C18H15FN4O3/c1-11-5-4-8-20-15(11)22-16(24)13-9-21-18(26)23(17(13)25)10-12-6-2-3-7-14(12)19/h2-9H,10H2,1H3,(H,21,26)(H,20,22,24). The van der Waals surface area contributed by atoms with Crippen molar-refractivity contribution in [2.75, 3.05) is 5.32 Å². The third kappa shape index (κ3) is 3.44. The zero-order valence-corrected chi connectivity index (χ0v) is 13.8. The van der Waals surface area contributed by atoms with E-state index in [1.54, 1.807) is 25.1 Å². The summed E-state index contributed by atoms with van der Waals surface area (Å²) >= 11 is 0. The number of anilines is 1. The van der Waals surface area contributed by atoms with Crippen LogP contribution in [0.15, 0.2) is 58.4 Å². The number of H-pyrrole nitrogens is 1. The number of amides is 1. The van der Waals surface area contributed by atoms with Gasteiger partial charge in [0, 0.05) is 18.0 Å². The fourth-order valence-corrected chi connectivity index (χ4v) is 2.41. The number of pyridine rings is 1. The van der Waals surface area contributed by atoms with Gasteiger partial charge >= 0.3 is 5.69 Å². The smallest absolute Gasteiger partial charge is 0.313 e. The molecule has 26 heavy (non-hydrogen) atoms. The average Bonchev–Trinajstić information content (AvgIpc) is 2.62. The van der Waals surface area contributed by atoms with E-state index < -0.39 is 23.0 Å². The van der Waals surface area contributed by atoms with Crippen LogP contribution in [-0.2, 0) is 6.54 Å². The Bertz CT molecular complexity index is 1090. The summed E-state index contributed by atoms with van der Waals surface area (Å²) < 4.78 is 14.6. The number of benzene rings is 1. The Kier molecular flexibility index (Phi) is 4.74. The van der Waals surface area contributed by atoms with Gasteiger partial charge in [0.1, 0.15) is 17.2 Å². The van der Waals surface area contributed by atoms with Crippen LogP contribution in [0, 0.1) is 12.7 Å². The van der Waals surface area contributed by atoms with Gasteiger partial charge in [0.05, 0.1) is 6.54 Å². The number of carbonyl (C=O) groups is 1. The Balaban J connectivity index is 1.96. The van der Waals surface area contributed by atoms with E-state index in [0.717, 1.165) is 16.3 Å². The molecule has 0 atom stereocenters. The zero-order chi connectivity index (χ0) is 18.7. The summed E-state index contributed by atoms with van der Waals surface area (Å²) in [5.74, 6) is -0.947. The van der Waals surface area contributed by atoms with E-state index >= 15 is 0 Å². The molecule has 0 aliphatic rings. The molecule has 2 N–H and O–H groups in total. The van der Waals surface area contributed by atoms with Crippen LogP contribution in [-0.4, -0.2) is 20.4 Å². The lowest BCUT2D eigenvalue weighted by Crippen LogP contribution is -2.39. The lowest BCUT2D eigenvalue weighted by molar-refractivity contribution is 0.102. The predicted octanol–water partition coefficient (Wildman–Crippen LogP) is 1.68. The molecular weight excluding hydrogens is 339 g/mol. The highest BCUT2D eigenvalue weighted by Crippen LogP contribution is 2.10. The number of halogens is 1. The Morgan fingerprint density at radius 3 is 2.73 bits per heavy atom. The molecule has 3 rings (SSSR count). The predicted molar refractivity (Wildman–Crippen MR) is 93.8 cm³/mol. The molecule has 0 saturated carbocycles. The van der Waals surface area contributed by atoms with Crippen molar-refractivity contribution in [2.24, 2.45) is 0 Å².